The van der Waals surface area contributed by atoms with Crippen LogP contribution in [0.5, 0.6) is 0 Å². The molecule has 0 unspecified atom stereocenters. The van der Waals surface area contributed by atoms with E-state index >= 15 is 0 Å². The molecule has 3 rings (SSSR count). The summed E-state index contributed by atoms with van der Waals surface area (Å²) >= 11 is 0. The molecule has 0 aromatic heterocycles. The lowest BCUT2D eigenvalue weighted by Gasteiger charge is -2.32. The fourth-order valence-electron chi connectivity index (χ4n) is 3.96. The maximum atomic E-state index is 13.7. The van der Waals surface area contributed by atoms with Crippen LogP contribution in [-0.2, 0) is 32.6 Å². The molecule has 7 nitrogen and oxygen atoms in total. The topological polar surface area (TPSA) is 86.8 Å². The summed E-state index contributed by atoms with van der Waals surface area (Å²) in [4.78, 5) is 28.5. The highest BCUT2D eigenvalue weighted by Gasteiger charge is 2.32. The minimum absolute atomic E-state index is 0.00851. The van der Waals surface area contributed by atoms with E-state index < -0.39 is 34.3 Å². The Kier molecular flexibility index (Phi) is 10.2. The molecule has 3 aromatic carbocycles. The molecule has 2 amide bonds. The Bertz CT molecular complexity index is 1310. The molecule has 202 valence electrons. The van der Waals surface area contributed by atoms with Crippen molar-refractivity contribution in [3.05, 3.63) is 101 Å². The summed E-state index contributed by atoms with van der Waals surface area (Å²) in [5.41, 5.74) is 2.38. The molecule has 0 radical (unpaired) electrons. The fraction of sp³-hybridized carbons (Fsp3) is 0.310. The Morgan fingerprint density at radius 2 is 1.55 bits per heavy atom. The molecule has 1 N–H and O–H groups in total. The minimum Gasteiger partial charge on any atom is -0.354 e. The molecule has 0 heterocycles. The smallest absolute Gasteiger partial charge is 0.243 e. The van der Waals surface area contributed by atoms with Gasteiger partial charge in [-0.05, 0) is 48.7 Å². The van der Waals surface area contributed by atoms with Crippen molar-refractivity contribution in [1.29, 1.82) is 0 Å². The van der Waals surface area contributed by atoms with Crippen LogP contribution in [0.2, 0.25) is 0 Å². The average molecular weight is 540 g/mol. The van der Waals surface area contributed by atoms with Crippen molar-refractivity contribution in [2.75, 3.05) is 20.1 Å². The summed E-state index contributed by atoms with van der Waals surface area (Å²) in [7, 11) is -2.61. The Hall–Kier alpha value is -3.56. The third-order valence-electron chi connectivity index (χ3n) is 6.17. The number of nitrogens with zero attached hydrogens (tertiary/aromatic N) is 2. The highest BCUT2D eigenvalue weighted by Crippen LogP contribution is 2.19. The zero-order valence-corrected chi connectivity index (χ0v) is 22.7. The molecule has 0 aliphatic heterocycles. The van der Waals surface area contributed by atoms with Crippen LogP contribution >= 0.6 is 0 Å². The van der Waals surface area contributed by atoms with E-state index in [0.29, 0.717) is 18.5 Å². The summed E-state index contributed by atoms with van der Waals surface area (Å²) in [5.74, 6) is -1.30. The number of hydrogen-bond donors (Lipinski definition) is 1. The molecule has 0 saturated heterocycles. The number of carbonyl (C=O) groups excluding carboxylic acids is 2. The molecule has 0 aliphatic carbocycles. The van der Waals surface area contributed by atoms with E-state index in [1.165, 1.54) is 36.2 Å². The molecule has 38 heavy (non-hydrogen) atoms. The van der Waals surface area contributed by atoms with Gasteiger partial charge >= 0.3 is 0 Å². The van der Waals surface area contributed by atoms with Crippen LogP contribution in [0.4, 0.5) is 4.39 Å². The monoisotopic (exact) mass is 539 g/mol. The van der Waals surface area contributed by atoms with Crippen molar-refractivity contribution in [2.45, 2.75) is 44.2 Å². The van der Waals surface area contributed by atoms with Crippen LogP contribution in [0.25, 0.3) is 0 Å². The second-order valence-corrected chi connectivity index (χ2v) is 11.3. The van der Waals surface area contributed by atoms with Gasteiger partial charge in [0.1, 0.15) is 11.9 Å². The number of aryl methyl sites for hydroxylation is 1. The molecule has 0 saturated carbocycles. The van der Waals surface area contributed by atoms with Crippen molar-refractivity contribution < 1.29 is 22.4 Å². The van der Waals surface area contributed by atoms with E-state index in [1.807, 2.05) is 44.2 Å². The van der Waals surface area contributed by atoms with Crippen molar-refractivity contribution in [3.63, 3.8) is 0 Å². The molecule has 9 heteroatoms. The molecule has 0 fully saturated rings. The predicted octanol–water partition coefficient (Wildman–Crippen LogP) is 3.92. The average Bonchev–Trinajstić information content (AvgIpc) is 2.91. The zero-order chi connectivity index (χ0) is 27.7. The summed E-state index contributed by atoms with van der Waals surface area (Å²) in [5, 5.41) is 2.87. The molecule has 1 atom stereocenters. The Morgan fingerprint density at radius 1 is 0.921 bits per heavy atom. The number of benzene rings is 3. The van der Waals surface area contributed by atoms with Gasteiger partial charge in [0.05, 0.1) is 11.4 Å². The number of halogens is 1. The van der Waals surface area contributed by atoms with Gasteiger partial charge in [0, 0.05) is 26.6 Å². The lowest BCUT2D eigenvalue weighted by Crippen LogP contribution is -2.53. The van der Waals surface area contributed by atoms with Gasteiger partial charge in [0.15, 0.2) is 0 Å². The van der Waals surface area contributed by atoms with Crippen LogP contribution in [0.1, 0.15) is 30.0 Å². The summed E-state index contributed by atoms with van der Waals surface area (Å²) in [6.45, 7) is 3.76. The van der Waals surface area contributed by atoms with Crippen molar-refractivity contribution in [3.8, 4) is 0 Å². The van der Waals surface area contributed by atoms with Crippen LogP contribution in [0.3, 0.4) is 0 Å². The van der Waals surface area contributed by atoms with Crippen molar-refractivity contribution in [1.82, 2.24) is 14.5 Å². The predicted molar refractivity (Wildman–Crippen MR) is 145 cm³/mol. The third kappa shape index (κ3) is 7.72. The van der Waals surface area contributed by atoms with Gasteiger partial charge < -0.3 is 10.2 Å². The molecule has 0 bridgehead atoms. The number of likely N-dealkylation sites (N-methyl/N-ethyl adjacent to an activating group) is 1. The standard InChI is InChI=1S/C29H34FN3O4S/c1-4-18-31-29(35)27(19-23-8-6-5-7-9-23)33(20-24-12-14-25(30)15-13-24)28(34)21-32(3)38(36,37)26-16-10-22(2)11-17-26/h5-17,27H,4,18-21H2,1-3H3,(H,31,35)/t27-/m1/s1. The lowest BCUT2D eigenvalue weighted by molar-refractivity contribution is -0.141. The van der Waals surface area contributed by atoms with Crippen LogP contribution in [0, 0.1) is 12.7 Å². The number of sulfonamides is 1. The van der Waals surface area contributed by atoms with E-state index in [4.69, 9.17) is 0 Å². The maximum Gasteiger partial charge on any atom is 0.243 e. The molecule has 0 spiro atoms. The van der Waals surface area contributed by atoms with E-state index in [-0.39, 0.29) is 23.8 Å². The lowest BCUT2D eigenvalue weighted by atomic mass is 10.0. The van der Waals surface area contributed by atoms with Crippen molar-refractivity contribution >= 4 is 21.8 Å². The van der Waals surface area contributed by atoms with Crippen LogP contribution in [-0.4, -0.2) is 55.6 Å². The largest absolute Gasteiger partial charge is 0.354 e. The van der Waals surface area contributed by atoms with Gasteiger partial charge in [-0.2, -0.15) is 4.31 Å². The summed E-state index contributed by atoms with van der Waals surface area (Å²) in [6, 6.07) is 20.4. The van der Waals surface area contributed by atoms with Crippen LogP contribution < -0.4 is 5.32 Å². The van der Waals surface area contributed by atoms with Gasteiger partial charge in [0.2, 0.25) is 21.8 Å². The van der Waals surface area contributed by atoms with Crippen LogP contribution in [0.15, 0.2) is 83.8 Å². The number of carbonyl (C=O) groups is 2. The first kappa shape index (κ1) is 29.0. The molecular formula is C29H34FN3O4S. The van der Waals surface area contributed by atoms with Crippen molar-refractivity contribution in [2.24, 2.45) is 0 Å². The van der Waals surface area contributed by atoms with E-state index in [2.05, 4.69) is 5.32 Å². The van der Waals surface area contributed by atoms with Gasteiger partial charge in [-0.25, -0.2) is 12.8 Å². The number of amides is 2. The highest BCUT2D eigenvalue weighted by atomic mass is 32.2. The minimum atomic E-state index is -3.95. The fourth-order valence-corrected chi connectivity index (χ4v) is 5.08. The summed E-state index contributed by atoms with van der Waals surface area (Å²) in [6.07, 6.45) is 0.949. The first-order chi connectivity index (χ1) is 18.1. The maximum absolute atomic E-state index is 13.7. The molecule has 0 aliphatic rings. The summed E-state index contributed by atoms with van der Waals surface area (Å²) < 4.78 is 40.9. The second-order valence-electron chi connectivity index (χ2n) is 9.22. The SMILES string of the molecule is CCCNC(=O)[C@@H](Cc1ccccc1)N(Cc1ccc(F)cc1)C(=O)CN(C)S(=O)(=O)c1ccc(C)cc1. The normalized spacial score (nSPS) is 12.2. The first-order valence-electron chi connectivity index (χ1n) is 12.5. The van der Waals surface area contributed by atoms with E-state index in [9.17, 15) is 22.4 Å². The third-order valence-corrected chi connectivity index (χ3v) is 7.99. The van der Waals surface area contributed by atoms with Gasteiger partial charge in [-0.3, -0.25) is 9.59 Å². The highest BCUT2D eigenvalue weighted by molar-refractivity contribution is 7.89. The second kappa shape index (κ2) is 13.3. The Balaban J connectivity index is 1.95. The van der Waals surface area contributed by atoms with Gasteiger partial charge in [-0.15, -0.1) is 0 Å². The number of rotatable bonds is 12. The first-order valence-corrected chi connectivity index (χ1v) is 13.9. The van der Waals surface area contributed by atoms with Gasteiger partial charge in [-0.1, -0.05) is 67.1 Å². The van der Waals surface area contributed by atoms with E-state index in [1.54, 1.807) is 24.3 Å². The van der Waals surface area contributed by atoms with Gasteiger partial charge in [0.25, 0.3) is 0 Å². The number of hydrogen-bond acceptors (Lipinski definition) is 4. The Morgan fingerprint density at radius 3 is 2.16 bits per heavy atom. The quantitative estimate of drug-likeness (QED) is 0.378. The van der Waals surface area contributed by atoms with E-state index in [0.717, 1.165) is 15.4 Å². The number of nitrogens with one attached hydrogen (secondary N) is 1. The molecule has 3 aromatic rings. The molecular weight excluding hydrogens is 505 g/mol. The zero-order valence-electron chi connectivity index (χ0n) is 21.9. The Labute approximate surface area is 224 Å².